The van der Waals surface area contributed by atoms with Gasteiger partial charge < -0.3 is 10.5 Å². The number of piperidine rings is 1. The van der Waals surface area contributed by atoms with Crippen LogP contribution in [0.5, 0.6) is 0 Å². The molecule has 1 aliphatic heterocycles. The Kier molecular flexibility index (Phi) is 6.16. The number of likely N-dealkylation sites (tertiary alicyclic amines) is 1. The number of hydrogen-bond acceptors (Lipinski definition) is 4. The van der Waals surface area contributed by atoms with E-state index >= 15 is 0 Å². The molecule has 4 aliphatic rings. The normalized spacial score (nSPS) is 34.0. The maximum Gasteiger partial charge on any atom is 0.395 e. The first-order chi connectivity index (χ1) is 13.4. The molecule has 2 saturated carbocycles. The molecule has 1 saturated heterocycles. The van der Waals surface area contributed by atoms with E-state index in [0.717, 1.165) is 24.7 Å². The fourth-order valence-electron chi connectivity index (χ4n) is 5.42. The Morgan fingerprint density at radius 3 is 2.54 bits per heavy atom. The Morgan fingerprint density at radius 2 is 1.86 bits per heavy atom. The molecular formula is C21H32F3N3O. The molecule has 1 heterocycles. The van der Waals surface area contributed by atoms with E-state index in [9.17, 15) is 18.4 Å². The van der Waals surface area contributed by atoms with Gasteiger partial charge in [0.15, 0.2) is 0 Å². The van der Waals surface area contributed by atoms with E-state index in [4.69, 9.17) is 0 Å². The zero-order valence-corrected chi connectivity index (χ0v) is 16.4. The van der Waals surface area contributed by atoms with Crippen LogP contribution < -0.4 is 5.32 Å². The van der Waals surface area contributed by atoms with Gasteiger partial charge in [0.1, 0.15) is 0 Å². The highest BCUT2D eigenvalue weighted by atomic mass is 19.4. The summed E-state index contributed by atoms with van der Waals surface area (Å²) in [6, 6.07) is 1.00. The van der Waals surface area contributed by atoms with E-state index < -0.39 is 12.1 Å². The summed E-state index contributed by atoms with van der Waals surface area (Å²) in [4.78, 5) is 2.63. The standard InChI is InChI=1S/C21H32F3N3O/c22-21(23,24)16-6-4-5-15(11-16)9-10-25-14-27(28)20-18-12-26(13-19(18)20)17-7-2-1-3-8-17/h4-6,16-20,25,28H,1-3,7-14H2/t16?,18-,19+,20?. The average Bonchev–Trinajstić information content (AvgIpc) is 3.19. The Labute approximate surface area is 165 Å². The van der Waals surface area contributed by atoms with E-state index in [0.29, 0.717) is 31.5 Å². The van der Waals surface area contributed by atoms with Crippen molar-refractivity contribution in [3.63, 3.8) is 0 Å². The van der Waals surface area contributed by atoms with Gasteiger partial charge in [-0.15, -0.1) is 0 Å². The fourth-order valence-corrected chi connectivity index (χ4v) is 5.42. The van der Waals surface area contributed by atoms with Gasteiger partial charge in [-0.1, -0.05) is 43.1 Å². The maximum absolute atomic E-state index is 12.8. The van der Waals surface area contributed by atoms with Crippen LogP contribution in [0.3, 0.4) is 0 Å². The zero-order chi connectivity index (χ0) is 19.7. The average molecular weight is 400 g/mol. The fraction of sp³-hybridized carbons (Fsp3) is 0.810. The predicted molar refractivity (Wildman–Crippen MR) is 102 cm³/mol. The SMILES string of the molecule is ON(CNCCC1=CC=CC(C(F)(F)F)C1)C1[C@H]2CN(C3CCCCC3)C[C@@H]12. The summed E-state index contributed by atoms with van der Waals surface area (Å²) in [5.41, 5.74) is 0.813. The van der Waals surface area contributed by atoms with Crippen LogP contribution in [0.2, 0.25) is 0 Å². The van der Waals surface area contributed by atoms with Crippen LogP contribution in [0, 0.1) is 17.8 Å². The van der Waals surface area contributed by atoms with Crippen LogP contribution in [0.4, 0.5) is 13.2 Å². The molecule has 4 rings (SSSR count). The van der Waals surface area contributed by atoms with Gasteiger partial charge in [0.2, 0.25) is 0 Å². The van der Waals surface area contributed by atoms with E-state index in [-0.39, 0.29) is 12.5 Å². The minimum absolute atomic E-state index is 0.0499. The van der Waals surface area contributed by atoms with Crippen LogP contribution >= 0.6 is 0 Å². The van der Waals surface area contributed by atoms with Crippen LogP contribution in [0.25, 0.3) is 0 Å². The van der Waals surface area contributed by atoms with Crippen molar-refractivity contribution in [3.8, 4) is 0 Å². The molecule has 7 heteroatoms. The second kappa shape index (κ2) is 8.46. The number of allylic oxidation sites excluding steroid dienone is 3. The Hall–Kier alpha value is -0.890. The van der Waals surface area contributed by atoms with Crippen molar-refractivity contribution in [3.05, 3.63) is 23.8 Å². The van der Waals surface area contributed by atoms with Gasteiger partial charge in [0, 0.05) is 31.7 Å². The topological polar surface area (TPSA) is 38.7 Å². The minimum atomic E-state index is -4.17. The summed E-state index contributed by atoms with van der Waals surface area (Å²) >= 11 is 0. The molecule has 0 aromatic heterocycles. The van der Waals surface area contributed by atoms with E-state index in [1.165, 1.54) is 49.3 Å². The number of fused-ring (bicyclic) bond motifs is 1. The molecule has 4 atom stereocenters. The lowest BCUT2D eigenvalue weighted by Gasteiger charge is -2.33. The summed E-state index contributed by atoms with van der Waals surface area (Å²) in [5.74, 6) is -0.209. The van der Waals surface area contributed by atoms with Crippen molar-refractivity contribution >= 4 is 0 Å². The first kappa shape index (κ1) is 20.4. The molecule has 158 valence electrons. The molecule has 3 fully saturated rings. The molecular weight excluding hydrogens is 367 g/mol. The Bertz CT molecular complexity index is 588. The smallest absolute Gasteiger partial charge is 0.312 e. The molecule has 0 amide bonds. The van der Waals surface area contributed by atoms with Crippen LogP contribution in [-0.4, -0.2) is 59.7 Å². The molecule has 0 radical (unpaired) electrons. The Balaban J connectivity index is 1.12. The molecule has 2 unspecified atom stereocenters. The highest BCUT2D eigenvalue weighted by Crippen LogP contribution is 2.49. The van der Waals surface area contributed by atoms with Crippen molar-refractivity contribution in [2.75, 3.05) is 26.3 Å². The lowest BCUT2D eigenvalue weighted by Crippen LogP contribution is -2.42. The zero-order valence-electron chi connectivity index (χ0n) is 16.4. The first-order valence-electron chi connectivity index (χ1n) is 10.8. The van der Waals surface area contributed by atoms with Gasteiger partial charge in [-0.3, -0.25) is 4.90 Å². The van der Waals surface area contributed by atoms with Gasteiger partial charge in [-0.2, -0.15) is 18.2 Å². The van der Waals surface area contributed by atoms with Crippen molar-refractivity contribution in [1.82, 2.24) is 15.3 Å². The third kappa shape index (κ3) is 4.64. The van der Waals surface area contributed by atoms with E-state index in [1.807, 2.05) is 0 Å². The summed E-state index contributed by atoms with van der Waals surface area (Å²) in [6.07, 6.45) is 7.73. The monoisotopic (exact) mass is 399 g/mol. The van der Waals surface area contributed by atoms with Crippen LogP contribution in [-0.2, 0) is 0 Å². The van der Waals surface area contributed by atoms with Gasteiger partial charge in [0.25, 0.3) is 0 Å². The number of hydrogen-bond donors (Lipinski definition) is 2. The van der Waals surface area contributed by atoms with Gasteiger partial charge in [0.05, 0.1) is 12.6 Å². The number of halogens is 3. The number of nitrogens with zero attached hydrogens (tertiary/aromatic N) is 2. The summed E-state index contributed by atoms with van der Waals surface area (Å²) in [7, 11) is 0. The second-order valence-electron chi connectivity index (χ2n) is 8.97. The van der Waals surface area contributed by atoms with Gasteiger partial charge >= 0.3 is 6.18 Å². The molecule has 0 bridgehead atoms. The minimum Gasteiger partial charge on any atom is -0.312 e. The second-order valence-corrected chi connectivity index (χ2v) is 8.97. The number of hydroxylamine groups is 2. The van der Waals surface area contributed by atoms with Crippen molar-refractivity contribution in [1.29, 1.82) is 0 Å². The maximum atomic E-state index is 12.8. The number of nitrogens with one attached hydrogen (secondary N) is 1. The molecule has 2 N–H and O–H groups in total. The molecule has 3 aliphatic carbocycles. The number of rotatable bonds is 7. The highest BCUT2D eigenvalue weighted by Gasteiger charge is 2.59. The first-order valence-corrected chi connectivity index (χ1v) is 10.8. The van der Waals surface area contributed by atoms with Gasteiger partial charge in [-0.25, -0.2) is 0 Å². The predicted octanol–water partition coefficient (Wildman–Crippen LogP) is 3.94. The number of alkyl halides is 3. The van der Waals surface area contributed by atoms with Crippen LogP contribution in [0.15, 0.2) is 23.8 Å². The Morgan fingerprint density at radius 1 is 1.14 bits per heavy atom. The van der Waals surface area contributed by atoms with Gasteiger partial charge in [-0.05, 0) is 37.5 Å². The largest absolute Gasteiger partial charge is 0.395 e. The molecule has 28 heavy (non-hydrogen) atoms. The highest BCUT2D eigenvalue weighted by molar-refractivity contribution is 5.21. The summed E-state index contributed by atoms with van der Waals surface area (Å²) in [6.45, 7) is 3.18. The van der Waals surface area contributed by atoms with Crippen molar-refractivity contribution < 1.29 is 18.4 Å². The summed E-state index contributed by atoms with van der Waals surface area (Å²) < 4.78 is 38.5. The van der Waals surface area contributed by atoms with E-state index in [2.05, 4.69) is 10.2 Å². The third-order valence-corrected chi connectivity index (χ3v) is 7.09. The molecule has 4 nitrogen and oxygen atoms in total. The quantitative estimate of drug-likeness (QED) is 0.386. The lowest BCUT2D eigenvalue weighted by atomic mass is 9.92. The molecule has 0 aromatic rings. The summed E-state index contributed by atoms with van der Waals surface area (Å²) in [5, 5.41) is 15.0. The van der Waals surface area contributed by atoms with Crippen molar-refractivity contribution in [2.45, 2.75) is 63.2 Å². The third-order valence-electron chi connectivity index (χ3n) is 7.09. The van der Waals surface area contributed by atoms with Crippen molar-refractivity contribution in [2.24, 2.45) is 17.8 Å². The lowest BCUT2D eigenvalue weighted by molar-refractivity contribution is -0.161. The van der Waals surface area contributed by atoms with E-state index in [1.54, 1.807) is 6.08 Å². The molecule has 0 spiro atoms. The molecule has 0 aromatic carbocycles. The van der Waals surface area contributed by atoms with Crippen LogP contribution in [0.1, 0.15) is 44.9 Å².